The van der Waals surface area contributed by atoms with Crippen LogP contribution in [0.1, 0.15) is 13.3 Å². The van der Waals surface area contributed by atoms with Crippen LogP contribution in [0.3, 0.4) is 0 Å². The molecule has 1 atom stereocenters. The van der Waals surface area contributed by atoms with Crippen molar-refractivity contribution >= 4 is 59.4 Å². The van der Waals surface area contributed by atoms with Crippen molar-refractivity contribution in [2.45, 2.75) is 20.5 Å². The Hall–Kier alpha value is 1.69. The van der Waals surface area contributed by atoms with Crippen LogP contribution in [-0.2, 0) is 5.11 Å². The minimum Gasteiger partial charge on any atom is -0.201 e. The molecular weight excluding hydrogens is 339 g/mol. The first kappa shape index (κ1) is 10.7. The average Bonchev–Trinajstić information content (AvgIpc) is 1.64. The molecule has 1 unspecified atom stereocenters. The van der Waals surface area contributed by atoms with Crippen LogP contribution in [0.4, 0.5) is 0 Å². The van der Waals surface area contributed by atoms with Crippen molar-refractivity contribution in [2.75, 3.05) is 0 Å². The predicted molar refractivity (Wildman–Crippen MR) is 49.1 cm³/mol. The average molecular weight is 344 g/mol. The lowest BCUT2D eigenvalue weighted by molar-refractivity contribution is 0.135. The summed E-state index contributed by atoms with van der Waals surface area (Å²) in [5.41, 5.74) is 0. The van der Waals surface area contributed by atoms with Gasteiger partial charge in [0.15, 0.2) is 3.78 Å². The highest BCUT2D eigenvalue weighted by Gasteiger charge is 2.44. The van der Waals surface area contributed by atoms with Gasteiger partial charge in [-0.15, -0.1) is 11.6 Å². The van der Waals surface area contributed by atoms with Crippen molar-refractivity contribution in [3.8, 4) is 0 Å². The van der Waals surface area contributed by atoms with E-state index in [0.717, 1.165) is 0 Å². The molecule has 0 saturated heterocycles. The summed E-state index contributed by atoms with van der Waals surface area (Å²) in [4.78, 5) is 0. The Bertz CT molecular complexity index is 98.5. The molecule has 55 valence electrons. The summed E-state index contributed by atoms with van der Waals surface area (Å²) in [5.74, 6) is 0. The number of hydrogen-bond donors (Lipinski definition) is 0. The van der Waals surface area contributed by atoms with Crippen molar-refractivity contribution in [1.82, 2.24) is 0 Å². The smallest absolute Gasteiger partial charge is 0.201 e. The van der Waals surface area contributed by atoms with Gasteiger partial charge in [-0.25, -0.2) is 5.11 Å². The standard InChI is InChI=1S/C4H5Br3ClO/c1-2-3(5,8)4(6,7)9/h2H2,1H3. The SMILES string of the molecule is CCC(Cl)(Br)C([O])(Br)Br. The largest absolute Gasteiger partial charge is 0.240 e. The highest BCUT2D eigenvalue weighted by atomic mass is 79.9. The Kier molecular flexibility index (Phi) is 4.03. The van der Waals surface area contributed by atoms with Crippen LogP contribution >= 0.6 is 59.4 Å². The van der Waals surface area contributed by atoms with Gasteiger partial charge in [-0.1, -0.05) is 22.9 Å². The molecule has 5 heteroatoms. The Morgan fingerprint density at radius 1 is 1.44 bits per heavy atom. The summed E-state index contributed by atoms with van der Waals surface area (Å²) in [6.45, 7) is 1.82. The van der Waals surface area contributed by atoms with Crippen molar-refractivity contribution in [2.24, 2.45) is 0 Å². The summed E-state index contributed by atoms with van der Waals surface area (Å²) in [6.07, 6.45) is 0.536. The van der Waals surface area contributed by atoms with E-state index in [9.17, 15) is 5.11 Å². The van der Waals surface area contributed by atoms with Crippen LogP contribution in [0.15, 0.2) is 0 Å². The van der Waals surface area contributed by atoms with E-state index in [0.29, 0.717) is 6.42 Å². The molecule has 0 aromatic heterocycles. The molecule has 0 aliphatic rings. The van der Waals surface area contributed by atoms with Crippen molar-refractivity contribution in [1.29, 1.82) is 0 Å². The molecule has 0 aromatic carbocycles. The number of rotatable bonds is 2. The molecular formula is C4H5Br3ClO. The fourth-order valence-corrected chi connectivity index (χ4v) is 0.767. The normalized spacial score (nSPS) is 19.3. The van der Waals surface area contributed by atoms with Gasteiger partial charge in [0.1, 0.15) is 0 Å². The van der Waals surface area contributed by atoms with Crippen LogP contribution in [0.2, 0.25) is 0 Å². The second kappa shape index (κ2) is 3.39. The monoisotopic (exact) mass is 341 g/mol. The van der Waals surface area contributed by atoms with Gasteiger partial charge in [-0.05, 0) is 38.3 Å². The zero-order valence-electron chi connectivity index (χ0n) is 4.63. The topological polar surface area (TPSA) is 19.9 Å². The van der Waals surface area contributed by atoms with Crippen LogP contribution in [-0.4, -0.2) is 7.20 Å². The second-order valence-corrected chi connectivity index (χ2v) is 7.33. The Morgan fingerprint density at radius 2 is 1.78 bits per heavy atom. The van der Waals surface area contributed by atoms with E-state index in [-0.39, 0.29) is 0 Å². The van der Waals surface area contributed by atoms with Crippen molar-refractivity contribution in [3.63, 3.8) is 0 Å². The quantitative estimate of drug-likeness (QED) is 0.682. The van der Waals surface area contributed by atoms with Gasteiger partial charge in [0.25, 0.3) is 0 Å². The summed E-state index contributed by atoms with van der Waals surface area (Å²) in [7, 11) is 0. The molecule has 0 amide bonds. The molecule has 0 bridgehead atoms. The van der Waals surface area contributed by atoms with E-state index in [2.05, 4.69) is 47.8 Å². The lowest BCUT2D eigenvalue weighted by atomic mass is 10.3. The maximum atomic E-state index is 11.0. The first-order valence-corrected chi connectivity index (χ1v) is 5.03. The number of alkyl halides is 4. The van der Waals surface area contributed by atoms with Crippen LogP contribution in [0.25, 0.3) is 0 Å². The maximum Gasteiger partial charge on any atom is 0.240 e. The van der Waals surface area contributed by atoms with Crippen LogP contribution in [0.5, 0.6) is 0 Å². The summed E-state index contributed by atoms with van der Waals surface area (Å²) < 4.78 is -2.46. The second-order valence-electron chi connectivity index (χ2n) is 1.57. The van der Waals surface area contributed by atoms with E-state index in [1.54, 1.807) is 0 Å². The molecule has 9 heavy (non-hydrogen) atoms. The molecule has 0 heterocycles. The predicted octanol–water partition coefficient (Wildman–Crippen LogP) is 3.60. The Labute approximate surface area is 84.5 Å². The highest BCUT2D eigenvalue weighted by molar-refractivity contribution is 9.26. The highest BCUT2D eigenvalue weighted by Crippen LogP contribution is 2.47. The third-order valence-electron chi connectivity index (χ3n) is 0.870. The molecule has 0 saturated carbocycles. The van der Waals surface area contributed by atoms with Gasteiger partial charge in [0.2, 0.25) is 3.42 Å². The molecule has 0 N–H and O–H groups in total. The zero-order valence-corrected chi connectivity index (χ0v) is 10.1. The summed E-state index contributed by atoms with van der Waals surface area (Å²) >= 11 is 14.5. The maximum absolute atomic E-state index is 11.0. The van der Waals surface area contributed by atoms with E-state index in [4.69, 9.17) is 11.6 Å². The van der Waals surface area contributed by atoms with E-state index < -0.39 is 7.20 Å². The molecule has 0 aromatic rings. The molecule has 1 radical (unpaired) electrons. The number of hydrogen-bond acceptors (Lipinski definition) is 0. The van der Waals surface area contributed by atoms with Gasteiger partial charge in [0, 0.05) is 0 Å². The Morgan fingerprint density at radius 3 is 1.78 bits per heavy atom. The van der Waals surface area contributed by atoms with E-state index in [1.165, 1.54) is 0 Å². The fraction of sp³-hybridized carbons (Fsp3) is 1.00. The van der Waals surface area contributed by atoms with Gasteiger partial charge < -0.3 is 0 Å². The molecule has 0 aliphatic heterocycles. The molecule has 0 spiro atoms. The Balaban J connectivity index is 4.14. The van der Waals surface area contributed by atoms with Crippen molar-refractivity contribution in [3.05, 3.63) is 0 Å². The molecule has 0 aliphatic carbocycles. The summed E-state index contributed by atoms with van der Waals surface area (Å²) in [6, 6.07) is 0. The third kappa shape index (κ3) is 3.06. The van der Waals surface area contributed by atoms with Crippen molar-refractivity contribution < 1.29 is 5.11 Å². The minimum atomic E-state index is -1.50. The first-order chi connectivity index (χ1) is 3.81. The lowest BCUT2D eigenvalue weighted by Gasteiger charge is -2.25. The number of halogens is 4. The zero-order chi connectivity index (χ0) is 7.71. The minimum absolute atomic E-state index is 0.536. The van der Waals surface area contributed by atoms with Crippen LogP contribution in [0, 0.1) is 0 Å². The lowest BCUT2D eigenvalue weighted by Crippen LogP contribution is -2.32. The molecule has 1 nitrogen and oxygen atoms in total. The van der Waals surface area contributed by atoms with Gasteiger partial charge in [-0.3, -0.25) is 0 Å². The van der Waals surface area contributed by atoms with Gasteiger partial charge in [0.05, 0.1) is 0 Å². The third-order valence-corrected chi connectivity index (χ3v) is 5.40. The summed E-state index contributed by atoms with van der Waals surface area (Å²) in [5, 5.41) is 11.0. The van der Waals surface area contributed by atoms with E-state index in [1.807, 2.05) is 6.92 Å². The van der Waals surface area contributed by atoms with Gasteiger partial charge in [-0.2, -0.15) is 0 Å². The molecule has 0 fully saturated rings. The van der Waals surface area contributed by atoms with Gasteiger partial charge >= 0.3 is 0 Å². The molecule has 0 rings (SSSR count). The first-order valence-electron chi connectivity index (χ1n) is 2.27. The van der Waals surface area contributed by atoms with Crippen LogP contribution < -0.4 is 0 Å². The van der Waals surface area contributed by atoms with E-state index >= 15 is 0 Å². The fourth-order valence-electron chi connectivity index (χ4n) is 0.206.